The Morgan fingerprint density at radius 2 is 0.571 bits per heavy atom. The van der Waals surface area contributed by atoms with Gasteiger partial charge in [0.15, 0.2) is 0 Å². The van der Waals surface area contributed by atoms with Gasteiger partial charge in [-0.1, -0.05) is 13.8 Å². The first-order valence-corrected chi connectivity index (χ1v) is 1.00. The van der Waals surface area contributed by atoms with Crippen LogP contribution in [0.15, 0.2) is 0 Å². The molecule has 0 heterocycles. The Labute approximate surface area is 53.6 Å². The van der Waals surface area contributed by atoms with Gasteiger partial charge in [-0.05, 0) is 0 Å². The molecule has 7 heavy (non-hydrogen) atoms. The molecule has 0 aliphatic carbocycles. The van der Waals surface area contributed by atoms with Gasteiger partial charge in [-0.25, -0.2) is 0 Å². The van der Waals surface area contributed by atoms with Gasteiger partial charge in [-0.3, -0.25) is 14.1 Å². The molecule has 0 aromatic heterocycles. The Kier molecular flexibility index (Phi) is 30500. The molecule has 0 nitrogen and oxygen atoms in total. The molecule has 0 rings (SSSR count). The zero-order chi connectivity index (χ0) is 2.00. The molecular formula is C2H11Cl2F3. The van der Waals surface area contributed by atoms with Crippen molar-refractivity contribution in [3.63, 3.8) is 0 Å². The molecule has 0 unspecified atom stereocenters. The molecule has 0 spiro atoms. The fraction of sp³-hybridized carbons (Fsp3) is 1.00. The highest BCUT2D eigenvalue weighted by Gasteiger charge is 0.932. The standard InChI is InChI=1S/C2H6.2ClH.3FH/c1-2;;;;;/h1-2H3;5*1H. The quantitative estimate of drug-likeness (QED) is 0.514. The molecule has 5 heteroatoms. The van der Waals surface area contributed by atoms with Gasteiger partial charge >= 0.3 is 0 Å². The van der Waals surface area contributed by atoms with Crippen LogP contribution in [0.4, 0.5) is 14.1 Å². The van der Waals surface area contributed by atoms with E-state index in [1.807, 2.05) is 13.8 Å². The van der Waals surface area contributed by atoms with Crippen LogP contribution in [-0.4, -0.2) is 0 Å². The topological polar surface area (TPSA) is 0 Å². The van der Waals surface area contributed by atoms with E-state index in [0.717, 1.165) is 0 Å². The van der Waals surface area contributed by atoms with E-state index in [9.17, 15) is 0 Å². The lowest BCUT2D eigenvalue weighted by Gasteiger charge is -1.07. The summed E-state index contributed by atoms with van der Waals surface area (Å²) in [6, 6.07) is 0. The van der Waals surface area contributed by atoms with Gasteiger partial charge < -0.3 is 0 Å². The van der Waals surface area contributed by atoms with Gasteiger partial charge in [0, 0.05) is 0 Å². The largest absolute Gasteiger partial charge is 0.269 e. The number of hydrogen-bond acceptors (Lipinski definition) is 0. The second kappa shape index (κ2) is 1340. The van der Waals surface area contributed by atoms with Crippen LogP contribution in [0.1, 0.15) is 13.8 Å². The third-order valence-electron chi connectivity index (χ3n) is 0. The van der Waals surface area contributed by atoms with Crippen LogP contribution in [0.2, 0.25) is 0 Å². The molecule has 0 fully saturated rings. The fourth-order valence-corrected chi connectivity index (χ4v) is 0. The predicted molar refractivity (Wildman–Crippen MR) is 33.4 cm³/mol. The first kappa shape index (κ1) is 159. The van der Waals surface area contributed by atoms with Crippen molar-refractivity contribution in [2.24, 2.45) is 0 Å². The highest BCUT2D eigenvalue weighted by atomic mass is 35.5. The van der Waals surface area contributed by atoms with Crippen LogP contribution >= 0.6 is 24.8 Å². The smallest absolute Gasteiger partial charge is 0.0683 e. The fourth-order valence-electron chi connectivity index (χ4n) is 0. The summed E-state index contributed by atoms with van der Waals surface area (Å²) in [7, 11) is 0. The monoisotopic (exact) mass is 162 g/mol. The highest BCUT2D eigenvalue weighted by Crippen LogP contribution is 1.14. The van der Waals surface area contributed by atoms with E-state index >= 15 is 0 Å². The van der Waals surface area contributed by atoms with Gasteiger partial charge in [-0.2, -0.15) is 0 Å². The number of hydrogen-bond donors (Lipinski definition) is 0. The van der Waals surface area contributed by atoms with Crippen molar-refractivity contribution < 1.29 is 14.1 Å². The summed E-state index contributed by atoms with van der Waals surface area (Å²) in [4.78, 5) is 0. The average Bonchev–Trinajstić information content (AvgIpc) is 1.00. The Hall–Kier alpha value is 0.370. The molecule has 0 aromatic rings. The summed E-state index contributed by atoms with van der Waals surface area (Å²) in [5, 5.41) is 0. The number of rotatable bonds is 0. The molecule has 54 valence electrons. The van der Waals surface area contributed by atoms with E-state index in [2.05, 4.69) is 0 Å². The Bertz CT molecular complexity index is 10.9. The van der Waals surface area contributed by atoms with Crippen LogP contribution in [0.3, 0.4) is 0 Å². The SMILES string of the molecule is CC.Cl.Cl.F.F.F. The van der Waals surface area contributed by atoms with Crippen LogP contribution in [0.5, 0.6) is 0 Å². The van der Waals surface area contributed by atoms with Gasteiger partial charge in [0.05, 0.1) is 0 Å². The summed E-state index contributed by atoms with van der Waals surface area (Å²) in [6.07, 6.45) is 0. The normalized spacial score (nSPS) is 0.857. The van der Waals surface area contributed by atoms with E-state index in [-0.39, 0.29) is 38.9 Å². The van der Waals surface area contributed by atoms with Crippen LogP contribution in [0, 0.1) is 0 Å². The highest BCUT2D eigenvalue weighted by molar-refractivity contribution is 5.85. The lowest BCUT2D eigenvalue weighted by molar-refractivity contribution is 1.11. The summed E-state index contributed by atoms with van der Waals surface area (Å²) in [6.45, 7) is 4.00. The minimum Gasteiger partial charge on any atom is -0.269 e. The molecule has 0 aliphatic heterocycles. The predicted octanol–water partition coefficient (Wildman–Crippen LogP) is 2.33. The second-order valence-electron chi connectivity index (χ2n) is 0. The first-order chi connectivity index (χ1) is 1.00. The van der Waals surface area contributed by atoms with Gasteiger partial charge in [0.1, 0.15) is 0 Å². The van der Waals surface area contributed by atoms with Crippen molar-refractivity contribution >= 4 is 24.8 Å². The van der Waals surface area contributed by atoms with E-state index in [1.54, 1.807) is 0 Å². The van der Waals surface area contributed by atoms with Crippen molar-refractivity contribution in [2.45, 2.75) is 13.8 Å². The summed E-state index contributed by atoms with van der Waals surface area (Å²) in [5.41, 5.74) is 0. The maximum Gasteiger partial charge on any atom is -0.0683 e. The molecule has 0 aromatic carbocycles. The van der Waals surface area contributed by atoms with E-state index in [1.165, 1.54) is 0 Å². The third kappa shape index (κ3) is 889. The maximum atomic E-state index is 2.00. The summed E-state index contributed by atoms with van der Waals surface area (Å²) >= 11 is 0. The summed E-state index contributed by atoms with van der Waals surface area (Å²) in [5.74, 6) is 0. The van der Waals surface area contributed by atoms with Gasteiger partial charge in [-0.15, -0.1) is 24.8 Å². The first-order valence-electron chi connectivity index (χ1n) is 1.00. The van der Waals surface area contributed by atoms with Crippen molar-refractivity contribution in [1.82, 2.24) is 0 Å². The molecule has 0 saturated carbocycles. The van der Waals surface area contributed by atoms with Gasteiger partial charge in [0.25, 0.3) is 0 Å². The van der Waals surface area contributed by atoms with E-state index in [4.69, 9.17) is 0 Å². The lowest BCUT2D eigenvalue weighted by atomic mass is 11.0. The summed E-state index contributed by atoms with van der Waals surface area (Å²) < 4.78 is 0. The molecular weight excluding hydrogens is 152 g/mol. The van der Waals surface area contributed by atoms with Crippen molar-refractivity contribution in [3.8, 4) is 0 Å². The molecule has 0 saturated heterocycles. The van der Waals surface area contributed by atoms with E-state index < -0.39 is 0 Å². The molecule has 0 N–H and O–H groups in total. The Balaban J connectivity index is -0.000000000500. The van der Waals surface area contributed by atoms with E-state index in [0.29, 0.717) is 0 Å². The zero-order valence-electron chi connectivity index (χ0n) is 4.04. The molecule has 0 radical (unpaired) electrons. The molecule has 0 aliphatic rings. The maximum absolute atomic E-state index is 2.00. The molecule has 0 amide bonds. The minimum atomic E-state index is 0. The van der Waals surface area contributed by atoms with Crippen molar-refractivity contribution in [2.75, 3.05) is 0 Å². The van der Waals surface area contributed by atoms with Crippen molar-refractivity contribution in [1.29, 1.82) is 0 Å². The molecule has 0 atom stereocenters. The Morgan fingerprint density at radius 3 is 0.571 bits per heavy atom. The minimum absolute atomic E-state index is 0. The Morgan fingerprint density at radius 1 is 0.571 bits per heavy atom. The molecule has 0 bridgehead atoms. The van der Waals surface area contributed by atoms with Crippen LogP contribution in [-0.2, 0) is 0 Å². The van der Waals surface area contributed by atoms with Crippen LogP contribution < -0.4 is 0 Å². The lowest BCUT2D eigenvalue weighted by Crippen LogP contribution is -0.856. The van der Waals surface area contributed by atoms with Crippen LogP contribution in [0.25, 0.3) is 0 Å². The van der Waals surface area contributed by atoms with Gasteiger partial charge in [0.2, 0.25) is 0 Å². The van der Waals surface area contributed by atoms with Crippen molar-refractivity contribution in [3.05, 3.63) is 0 Å². The average molecular weight is 163 g/mol. The second-order valence-corrected chi connectivity index (χ2v) is 0. The zero-order valence-corrected chi connectivity index (χ0v) is 5.67. The number of halogens is 5. The third-order valence-corrected chi connectivity index (χ3v) is 0.